The van der Waals surface area contributed by atoms with Crippen LogP contribution < -0.4 is 0 Å². The normalized spacial score (nSPS) is 10.7. The Balaban J connectivity index is 2.58. The first-order valence-electron chi connectivity index (χ1n) is 4.63. The predicted octanol–water partition coefficient (Wildman–Crippen LogP) is 2.14. The molecular weight excluding hydrogens is 204 g/mol. The molecule has 0 spiro atoms. The lowest BCUT2D eigenvalue weighted by molar-refractivity contribution is -0.131. The number of carboxylic acid groups (broad SMARTS) is 1. The quantitative estimate of drug-likeness (QED) is 0.748. The number of hydrogen-bond donors (Lipinski definition) is 2. The summed E-state index contributed by atoms with van der Waals surface area (Å²) in [7, 11) is 0. The van der Waals surface area contributed by atoms with Gasteiger partial charge in [-0.2, -0.15) is 5.26 Å². The maximum absolute atomic E-state index is 10.4. The van der Waals surface area contributed by atoms with Crippen LogP contribution in [0.5, 0.6) is 0 Å². The maximum Gasteiger partial charge on any atom is 0.328 e. The highest BCUT2D eigenvalue weighted by Crippen LogP contribution is 2.22. The number of nitriles is 1. The van der Waals surface area contributed by atoms with Gasteiger partial charge in [0.2, 0.25) is 0 Å². The second kappa shape index (κ2) is 3.91. The molecule has 0 aliphatic rings. The highest BCUT2D eigenvalue weighted by atomic mass is 16.4. The second-order valence-electron chi connectivity index (χ2n) is 3.26. The van der Waals surface area contributed by atoms with E-state index in [-0.39, 0.29) is 0 Å². The Morgan fingerprint density at radius 3 is 3.00 bits per heavy atom. The Kier molecular flexibility index (Phi) is 2.44. The van der Waals surface area contributed by atoms with E-state index < -0.39 is 5.97 Å². The number of aromatic nitrogens is 1. The summed E-state index contributed by atoms with van der Waals surface area (Å²) in [5, 5.41) is 18.3. The number of hydrogen-bond acceptors (Lipinski definition) is 2. The zero-order valence-corrected chi connectivity index (χ0v) is 8.27. The molecule has 0 amide bonds. The predicted molar refractivity (Wildman–Crippen MR) is 59.7 cm³/mol. The van der Waals surface area contributed by atoms with Crippen molar-refractivity contribution in [3.05, 3.63) is 41.6 Å². The van der Waals surface area contributed by atoms with Gasteiger partial charge < -0.3 is 10.1 Å². The molecule has 0 saturated carbocycles. The average molecular weight is 212 g/mol. The number of benzene rings is 1. The fraction of sp³-hybridized carbons (Fsp3) is 0. The van der Waals surface area contributed by atoms with Gasteiger partial charge in [-0.05, 0) is 12.1 Å². The van der Waals surface area contributed by atoms with Gasteiger partial charge in [0.1, 0.15) is 6.07 Å². The van der Waals surface area contributed by atoms with Crippen LogP contribution in [0.15, 0.2) is 30.5 Å². The minimum Gasteiger partial charge on any atom is -0.478 e. The van der Waals surface area contributed by atoms with Crippen LogP contribution >= 0.6 is 0 Å². The van der Waals surface area contributed by atoms with E-state index in [0.717, 1.165) is 22.5 Å². The molecule has 2 aromatic rings. The van der Waals surface area contributed by atoms with E-state index in [9.17, 15) is 4.79 Å². The van der Waals surface area contributed by atoms with Crippen molar-refractivity contribution >= 4 is 22.9 Å². The van der Waals surface area contributed by atoms with Gasteiger partial charge in [-0.15, -0.1) is 0 Å². The number of nitrogens with zero attached hydrogens (tertiary/aromatic N) is 1. The Labute approximate surface area is 91.4 Å². The van der Waals surface area contributed by atoms with Crippen molar-refractivity contribution in [1.29, 1.82) is 5.26 Å². The summed E-state index contributed by atoms with van der Waals surface area (Å²) in [4.78, 5) is 13.4. The number of carbonyl (C=O) groups is 1. The highest BCUT2D eigenvalue weighted by molar-refractivity contribution is 5.95. The molecule has 16 heavy (non-hydrogen) atoms. The van der Waals surface area contributed by atoms with Crippen molar-refractivity contribution in [2.45, 2.75) is 0 Å². The van der Waals surface area contributed by atoms with Gasteiger partial charge in [-0.1, -0.05) is 12.1 Å². The number of H-pyrrole nitrogens is 1. The lowest BCUT2D eigenvalue weighted by atomic mass is 10.1. The monoisotopic (exact) mass is 212 g/mol. The van der Waals surface area contributed by atoms with Crippen molar-refractivity contribution in [2.24, 2.45) is 0 Å². The number of aromatic amines is 1. The summed E-state index contributed by atoms with van der Waals surface area (Å²) < 4.78 is 0. The lowest BCUT2D eigenvalue weighted by Crippen LogP contribution is -1.85. The highest BCUT2D eigenvalue weighted by Gasteiger charge is 2.04. The molecule has 78 valence electrons. The molecule has 0 bridgehead atoms. The summed E-state index contributed by atoms with van der Waals surface area (Å²) in [5.41, 5.74) is 2.04. The number of carboxylic acids is 1. The van der Waals surface area contributed by atoms with Gasteiger partial charge in [-0.25, -0.2) is 4.79 Å². The molecule has 0 radical (unpaired) electrons. The second-order valence-corrected chi connectivity index (χ2v) is 3.26. The van der Waals surface area contributed by atoms with E-state index >= 15 is 0 Å². The van der Waals surface area contributed by atoms with Crippen molar-refractivity contribution in [3.63, 3.8) is 0 Å². The van der Waals surface area contributed by atoms with Crippen molar-refractivity contribution in [1.82, 2.24) is 4.98 Å². The van der Waals surface area contributed by atoms with E-state index in [4.69, 9.17) is 10.4 Å². The topological polar surface area (TPSA) is 76.9 Å². The molecule has 4 heteroatoms. The third kappa shape index (κ3) is 1.66. The number of fused-ring (bicyclic) bond motifs is 1. The van der Waals surface area contributed by atoms with Gasteiger partial charge >= 0.3 is 5.97 Å². The first-order valence-corrected chi connectivity index (χ1v) is 4.63. The Morgan fingerprint density at radius 1 is 1.50 bits per heavy atom. The summed E-state index contributed by atoms with van der Waals surface area (Å²) in [6, 6.07) is 7.40. The van der Waals surface area contributed by atoms with Crippen molar-refractivity contribution in [2.75, 3.05) is 0 Å². The first-order chi connectivity index (χ1) is 7.72. The number of aliphatic carboxylic acids is 1. The zero-order chi connectivity index (χ0) is 11.5. The van der Waals surface area contributed by atoms with Gasteiger partial charge in [0.15, 0.2) is 0 Å². The van der Waals surface area contributed by atoms with E-state index in [0.29, 0.717) is 5.56 Å². The molecule has 0 aliphatic carbocycles. The van der Waals surface area contributed by atoms with E-state index in [2.05, 4.69) is 11.1 Å². The summed E-state index contributed by atoms with van der Waals surface area (Å²) >= 11 is 0. The third-order valence-corrected chi connectivity index (χ3v) is 2.27. The van der Waals surface area contributed by atoms with E-state index in [1.165, 1.54) is 6.08 Å². The van der Waals surface area contributed by atoms with E-state index in [1.54, 1.807) is 18.3 Å². The van der Waals surface area contributed by atoms with Crippen LogP contribution in [0, 0.1) is 11.3 Å². The molecular formula is C12H8N2O2. The Morgan fingerprint density at radius 2 is 2.31 bits per heavy atom. The summed E-state index contributed by atoms with van der Waals surface area (Å²) in [5.74, 6) is -0.995. The SMILES string of the molecule is N#Cc1cccc2c(C=CC(=O)O)c[nH]c12. The van der Waals surface area contributed by atoms with Crippen LogP contribution in [0.1, 0.15) is 11.1 Å². The van der Waals surface area contributed by atoms with Crippen LogP contribution in [0.25, 0.3) is 17.0 Å². The average Bonchev–Trinajstić information content (AvgIpc) is 2.69. The van der Waals surface area contributed by atoms with Crippen LogP contribution in [-0.2, 0) is 4.79 Å². The fourth-order valence-electron chi connectivity index (χ4n) is 1.57. The summed E-state index contributed by atoms with van der Waals surface area (Å²) in [6.45, 7) is 0. The number of rotatable bonds is 2. The third-order valence-electron chi connectivity index (χ3n) is 2.27. The van der Waals surface area contributed by atoms with E-state index in [1.807, 2.05) is 6.07 Å². The number of para-hydroxylation sites is 1. The lowest BCUT2D eigenvalue weighted by Gasteiger charge is -1.93. The molecule has 2 rings (SSSR count). The number of nitrogens with one attached hydrogen (secondary N) is 1. The summed E-state index contributed by atoms with van der Waals surface area (Å²) in [6.07, 6.45) is 4.26. The van der Waals surface area contributed by atoms with Crippen molar-refractivity contribution < 1.29 is 9.90 Å². The van der Waals surface area contributed by atoms with Crippen LogP contribution in [0.3, 0.4) is 0 Å². The molecule has 1 heterocycles. The minimum absolute atomic E-state index is 0.549. The Hall–Kier alpha value is -2.54. The molecule has 1 aromatic heterocycles. The fourth-order valence-corrected chi connectivity index (χ4v) is 1.57. The van der Waals surface area contributed by atoms with Crippen LogP contribution in [0.4, 0.5) is 0 Å². The van der Waals surface area contributed by atoms with Gasteiger partial charge in [0.25, 0.3) is 0 Å². The van der Waals surface area contributed by atoms with Gasteiger partial charge in [0.05, 0.1) is 11.1 Å². The van der Waals surface area contributed by atoms with Crippen LogP contribution in [-0.4, -0.2) is 16.1 Å². The zero-order valence-electron chi connectivity index (χ0n) is 8.27. The molecule has 0 atom stereocenters. The van der Waals surface area contributed by atoms with Gasteiger partial charge in [0, 0.05) is 23.2 Å². The molecule has 2 N–H and O–H groups in total. The Bertz CT molecular complexity index is 617. The molecule has 0 fully saturated rings. The smallest absolute Gasteiger partial charge is 0.328 e. The largest absolute Gasteiger partial charge is 0.478 e. The van der Waals surface area contributed by atoms with Gasteiger partial charge in [-0.3, -0.25) is 0 Å². The molecule has 0 aliphatic heterocycles. The standard InChI is InChI=1S/C12H8N2O2/c13-6-8-2-1-3-10-9(4-5-11(15)16)7-14-12(8)10/h1-5,7,14H,(H,15,16). The maximum atomic E-state index is 10.4. The minimum atomic E-state index is -0.995. The molecule has 0 unspecified atom stereocenters. The molecule has 0 saturated heterocycles. The molecule has 4 nitrogen and oxygen atoms in total. The van der Waals surface area contributed by atoms with Crippen molar-refractivity contribution in [3.8, 4) is 6.07 Å². The molecule has 1 aromatic carbocycles. The first kappa shape index (κ1) is 9.99. The van der Waals surface area contributed by atoms with Crippen LogP contribution in [0.2, 0.25) is 0 Å².